The number of sulfonamides is 1. The Hall–Kier alpha value is -0.170. The molecule has 0 bridgehead atoms. The highest BCUT2D eigenvalue weighted by molar-refractivity contribution is 7.89. The van der Waals surface area contributed by atoms with Crippen molar-refractivity contribution in [2.45, 2.75) is 43.5 Å². The second-order valence-electron chi connectivity index (χ2n) is 5.26. The first-order chi connectivity index (χ1) is 8.60. The molecule has 1 unspecified atom stereocenters. The lowest BCUT2D eigenvalue weighted by Crippen LogP contribution is -2.45. The molecule has 106 valence electrons. The summed E-state index contributed by atoms with van der Waals surface area (Å²) < 4.78 is 31.9. The van der Waals surface area contributed by atoms with Crippen LogP contribution in [0.4, 0.5) is 0 Å². The van der Waals surface area contributed by atoms with Crippen LogP contribution in [0.1, 0.15) is 32.1 Å². The minimum absolute atomic E-state index is 0.0836. The minimum atomic E-state index is -3.15. The lowest BCUT2D eigenvalue weighted by atomic mass is 10.1. The van der Waals surface area contributed by atoms with Crippen LogP contribution in [0.2, 0.25) is 0 Å². The van der Waals surface area contributed by atoms with Crippen LogP contribution in [-0.4, -0.2) is 57.4 Å². The zero-order valence-corrected chi connectivity index (χ0v) is 11.9. The lowest BCUT2D eigenvalue weighted by molar-refractivity contribution is 0.00845. The summed E-state index contributed by atoms with van der Waals surface area (Å²) in [4.78, 5) is 0. The molecule has 0 aliphatic carbocycles. The number of likely N-dealkylation sites (N-methyl/N-ethyl adjacent to an activating group) is 1. The summed E-state index contributed by atoms with van der Waals surface area (Å²) >= 11 is 0. The Morgan fingerprint density at radius 1 is 1.22 bits per heavy atom. The van der Waals surface area contributed by atoms with E-state index < -0.39 is 10.0 Å². The van der Waals surface area contributed by atoms with E-state index in [0.29, 0.717) is 6.54 Å². The molecule has 0 amide bonds. The number of piperidine rings is 1. The van der Waals surface area contributed by atoms with Gasteiger partial charge in [-0.15, -0.1) is 0 Å². The average molecular weight is 276 g/mol. The first-order valence-corrected chi connectivity index (χ1v) is 8.38. The van der Waals surface area contributed by atoms with Crippen molar-refractivity contribution in [2.75, 3.05) is 33.3 Å². The molecule has 2 heterocycles. The van der Waals surface area contributed by atoms with Gasteiger partial charge in [-0.2, -0.15) is 0 Å². The zero-order valence-electron chi connectivity index (χ0n) is 11.1. The van der Waals surface area contributed by atoms with E-state index in [0.717, 1.165) is 51.8 Å². The summed E-state index contributed by atoms with van der Waals surface area (Å²) in [5.41, 5.74) is 0. The topological polar surface area (TPSA) is 58.6 Å². The Kier molecular flexibility index (Phi) is 5.00. The molecule has 2 fully saturated rings. The molecule has 6 heteroatoms. The maximum Gasteiger partial charge on any atom is 0.216 e. The molecule has 0 spiro atoms. The quantitative estimate of drug-likeness (QED) is 0.815. The van der Waals surface area contributed by atoms with Crippen molar-refractivity contribution in [3.63, 3.8) is 0 Å². The first kappa shape index (κ1) is 14.2. The van der Waals surface area contributed by atoms with Gasteiger partial charge in [0.1, 0.15) is 0 Å². The number of hydrogen-bond acceptors (Lipinski definition) is 4. The van der Waals surface area contributed by atoms with Crippen LogP contribution < -0.4 is 5.32 Å². The van der Waals surface area contributed by atoms with E-state index in [2.05, 4.69) is 5.32 Å². The summed E-state index contributed by atoms with van der Waals surface area (Å²) in [6.07, 6.45) is 4.75. The van der Waals surface area contributed by atoms with Crippen LogP contribution in [0.5, 0.6) is 0 Å². The van der Waals surface area contributed by atoms with Crippen molar-refractivity contribution in [1.29, 1.82) is 0 Å². The van der Waals surface area contributed by atoms with Crippen LogP contribution >= 0.6 is 0 Å². The van der Waals surface area contributed by atoms with Crippen LogP contribution in [-0.2, 0) is 14.8 Å². The molecule has 2 saturated heterocycles. The van der Waals surface area contributed by atoms with Gasteiger partial charge >= 0.3 is 0 Å². The molecule has 5 nitrogen and oxygen atoms in total. The number of rotatable bonds is 4. The highest BCUT2D eigenvalue weighted by atomic mass is 32.2. The van der Waals surface area contributed by atoms with Crippen molar-refractivity contribution in [3.05, 3.63) is 0 Å². The molecule has 0 aromatic carbocycles. The third-order valence-electron chi connectivity index (χ3n) is 3.88. The van der Waals surface area contributed by atoms with Gasteiger partial charge in [0.25, 0.3) is 0 Å². The second-order valence-corrected chi connectivity index (χ2v) is 7.58. The number of hydrogen-bond donors (Lipinski definition) is 1. The molecule has 18 heavy (non-hydrogen) atoms. The maximum absolute atomic E-state index is 12.4. The molecule has 2 rings (SSSR count). The summed E-state index contributed by atoms with van der Waals surface area (Å²) in [6.45, 7) is 2.88. The molecule has 2 aliphatic heterocycles. The van der Waals surface area contributed by atoms with Crippen molar-refractivity contribution in [2.24, 2.45) is 0 Å². The predicted molar refractivity (Wildman–Crippen MR) is 71.0 cm³/mol. The van der Waals surface area contributed by atoms with E-state index >= 15 is 0 Å². The van der Waals surface area contributed by atoms with Gasteiger partial charge < -0.3 is 10.1 Å². The number of ether oxygens (including phenoxy) is 1. The first-order valence-electron chi connectivity index (χ1n) is 6.88. The molecule has 0 aromatic rings. The van der Waals surface area contributed by atoms with Crippen molar-refractivity contribution >= 4 is 10.0 Å². The van der Waals surface area contributed by atoms with E-state index in [1.54, 1.807) is 7.05 Å². The molecule has 0 aromatic heterocycles. The van der Waals surface area contributed by atoms with Crippen LogP contribution in [0.3, 0.4) is 0 Å². The van der Waals surface area contributed by atoms with Gasteiger partial charge in [-0.05, 0) is 45.2 Å². The smallest absolute Gasteiger partial charge is 0.216 e. The third kappa shape index (κ3) is 3.44. The molecular weight excluding hydrogens is 252 g/mol. The molecular formula is C12H24N2O3S. The third-order valence-corrected chi connectivity index (χ3v) is 6.21. The molecule has 1 N–H and O–H groups in total. The fraction of sp³-hybridized carbons (Fsp3) is 1.00. The summed E-state index contributed by atoms with van der Waals surface area (Å²) in [6, 6.07) is 0. The number of nitrogens with zero attached hydrogens (tertiary/aromatic N) is 1. The Labute approximate surface area is 110 Å². The molecule has 0 saturated carbocycles. The average Bonchev–Trinajstić information content (AvgIpc) is 2.41. The van der Waals surface area contributed by atoms with E-state index in [1.807, 2.05) is 0 Å². The molecule has 1 atom stereocenters. The Morgan fingerprint density at radius 2 is 1.94 bits per heavy atom. The Bertz CT molecular complexity index is 346. The minimum Gasteiger partial charge on any atom is -0.377 e. The molecule has 0 radical (unpaired) electrons. The van der Waals surface area contributed by atoms with Gasteiger partial charge in [0.2, 0.25) is 10.0 Å². The van der Waals surface area contributed by atoms with Gasteiger partial charge in [-0.25, -0.2) is 12.7 Å². The maximum atomic E-state index is 12.4. The van der Waals surface area contributed by atoms with E-state index in [9.17, 15) is 8.42 Å². The van der Waals surface area contributed by atoms with E-state index in [1.165, 1.54) is 4.31 Å². The van der Waals surface area contributed by atoms with E-state index in [4.69, 9.17) is 4.74 Å². The Balaban J connectivity index is 1.91. The summed E-state index contributed by atoms with van der Waals surface area (Å²) in [5, 5.41) is 2.98. The highest BCUT2D eigenvalue weighted by Crippen LogP contribution is 2.19. The van der Waals surface area contributed by atoms with Gasteiger partial charge in [-0.3, -0.25) is 0 Å². The standard InChI is InChI=1S/C12H24N2O3S/c1-14(10-11-4-2-3-9-17-11)18(15,16)12-5-7-13-8-6-12/h11-13H,2-10H2,1H3. The van der Waals surface area contributed by atoms with E-state index in [-0.39, 0.29) is 11.4 Å². The summed E-state index contributed by atoms with van der Waals surface area (Å²) in [5.74, 6) is 0. The lowest BCUT2D eigenvalue weighted by Gasteiger charge is -2.31. The largest absolute Gasteiger partial charge is 0.377 e. The fourth-order valence-electron chi connectivity index (χ4n) is 2.69. The second kappa shape index (κ2) is 6.32. The van der Waals surface area contributed by atoms with Crippen molar-refractivity contribution < 1.29 is 13.2 Å². The normalized spacial score (nSPS) is 27.6. The monoisotopic (exact) mass is 276 g/mol. The van der Waals surface area contributed by atoms with Gasteiger partial charge in [0, 0.05) is 20.2 Å². The van der Waals surface area contributed by atoms with Crippen molar-refractivity contribution in [1.82, 2.24) is 9.62 Å². The summed E-state index contributed by atoms with van der Waals surface area (Å²) in [7, 11) is -1.46. The van der Waals surface area contributed by atoms with Gasteiger partial charge in [0.15, 0.2) is 0 Å². The SMILES string of the molecule is CN(CC1CCCCO1)S(=O)(=O)C1CCNCC1. The van der Waals surface area contributed by atoms with Crippen LogP contribution in [0, 0.1) is 0 Å². The van der Waals surface area contributed by atoms with Crippen LogP contribution in [0.15, 0.2) is 0 Å². The predicted octanol–water partition coefficient (Wildman–Crippen LogP) is 0.569. The van der Waals surface area contributed by atoms with Crippen molar-refractivity contribution in [3.8, 4) is 0 Å². The van der Waals surface area contributed by atoms with Gasteiger partial charge in [0.05, 0.1) is 11.4 Å². The number of nitrogens with one attached hydrogen (secondary N) is 1. The van der Waals surface area contributed by atoms with Gasteiger partial charge in [-0.1, -0.05) is 0 Å². The molecule has 2 aliphatic rings. The highest BCUT2D eigenvalue weighted by Gasteiger charge is 2.32. The fourth-order valence-corrected chi connectivity index (χ4v) is 4.40. The van der Waals surface area contributed by atoms with Crippen LogP contribution in [0.25, 0.3) is 0 Å². The Morgan fingerprint density at radius 3 is 2.56 bits per heavy atom. The zero-order chi connectivity index (χ0) is 13.0.